The molecule has 2 rings (SSSR count). The van der Waals surface area contributed by atoms with Gasteiger partial charge in [0.15, 0.2) is 0 Å². The summed E-state index contributed by atoms with van der Waals surface area (Å²) in [4.78, 5) is 4.32. The van der Waals surface area contributed by atoms with Crippen LogP contribution in [0.25, 0.3) is 0 Å². The zero-order chi connectivity index (χ0) is 13.7. The Morgan fingerprint density at radius 2 is 2.16 bits per heavy atom. The molecule has 1 unspecified atom stereocenters. The molecule has 0 aliphatic heterocycles. The van der Waals surface area contributed by atoms with Gasteiger partial charge in [-0.25, -0.2) is 4.98 Å². The van der Waals surface area contributed by atoms with Crippen molar-refractivity contribution in [1.82, 2.24) is 20.1 Å². The molecule has 19 heavy (non-hydrogen) atoms. The first-order chi connectivity index (χ1) is 9.24. The molecule has 0 amide bonds. The van der Waals surface area contributed by atoms with Gasteiger partial charge in [-0.15, -0.1) is 11.3 Å². The van der Waals surface area contributed by atoms with E-state index in [1.165, 1.54) is 0 Å². The van der Waals surface area contributed by atoms with E-state index < -0.39 is 0 Å². The number of hydrogen-bond acceptors (Lipinski definition) is 4. The minimum absolute atomic E-state index is 0.276. The van der Waals surface area contributed by atoms with Crippen LogP contribution >= 0.6 is 11.3 Å². The standard InChI is InChI=1S/C14H22N4S/c1-4-13(5-2)18-8-6-12(17-18)10-16-11(3)14-15-7-9-19-14/h6-9,11,13,16H,4-5,10H2,1-3H3. The fraction of sp³-hybridized carbons (Fsp3) is 0.571. The fourth-order valence-electron chi connectivity index (χ4n) is 2.13. The highest BCUT2D eigenvalue weighted by molar-refractivity contribution is 7.09. The maximum absolute atomic E-state index is 4.64. The molecule has 0 aromatic carbocycles. The zero-order valence-electron chi connectivity index (χ0n) is 11.8. The first-order valence-corrected chi connectivity index (χ1v) is 7.79. The molecule has 1 N–H and O–H groups in total. The van der Waals surface area contributed by atoms with Gasteiger partial charge in [0.05, 0.1) is 17.8 Å². The lowest BCUT2D eigenvalue weighted by Gasteiger charge is -2.13. The molecule has 0 bridgehead atoms. The van der Waals surface area contributed by atoms with Crippen LogP contribution in [-0.4, -0.2) is 14.8 Å². The van der Waals surface area contributed by atoms with Crippen LogP contribution in [0.3, 0.4) is 0 Å². The number of nitrogens with one attached hydrogen (secondary N) is 1. The summed E-state index contributed by atoms with van der Waals surface area (Å²) < 4.78 is 2.09. The maximum Gasteiger partial charge on any atom is 0.109 e. The SMILES string of the molecule is CCC(CC)n1ccc(CNC(C)c2nccs2)n1. The van der Waals surface area contributed by atoms with Crippen molar-refractivity contribution in [2.45, 2.75) is 52.2 Å². The topological polar surface area (TPSA) is 42.7 Å². The van der Waals surface area contributed by atoms with E-state index in [0.29, 0.717) is 6.04 Å². The Balaban J connectivity index is 1.90. The van der Waals surface area contributed by atoms with Crippen molar-refractivity contribution in [3.8, 4) is 0 Å². The highest BCUT2D eigenvalue weighted by Crippen LogP contribution is 2.16. The van der Waals surface area contributed by atoms with Gasteiger partial charge in [0.25, 0.3) is 0 Å². The summed E-state index contributed by atoms with van der Waals surface area (Å²) in [7, 11) is 0. The molecule has 4 nitrogen and oxygen atoms in total. The molecule has 0 fully saturated rings. The number of hydrogen-bond donors (Lipinski definition) is 1. The quantitative estimate of drug-likeness (QED) is 0.842. The van der Waals surface area contributed by atoms with Crippen LogP contribution in [0.5, 0.6) is 0 Å². The highest BCUT2D eigenvalue weighted by Gasteiger charge is 2.10. The van der Waals surface area contributed by atoms with E-state index in [1.807, 2.05) is 11.6 Å². The minimum Gasteiger partial charge on any atom is -0.302 e. The fourth-order valence-corrected chi connectivity index (χ4v) is 2.80. The van der Waals surface area contributed by atoms with Gasteiger partial charge in [-0.3, -0.25) is 4.68 Å². The van der Waals surface area contributed by atoms with Crippen molar-refractivity contribution >= 4 is 11.3 Å². The molecular weight excluding hydrogens is 256 g/mol. The second-order valence-corrected chi connectivity index (χ2v) is 5.66. The molecular formula is C14H22N4S. The number of nitrogens with zero attached hydrogens (tertiary/aromatic N) is 3. The molecule has 2 heterocycles. The van der Waals surface area contributed by atoms with Crippen molar-refractivity contribution < 1.29 is 0 Å². The predicted octanol–water partition coefficient (Wildman–Crippen LogP) is 3.55. The Morgan fingerprint density at radius 1 is 1.37 bits per heavy atom. The van der Waals surface area contributed by atoms with E-state index in [0.717, 1.165) is 30.1 Å². The van der Waals surface area contributed by atoms with Gasteiger partial charge in [-0.2, -0.15) is 5.10 Å². The van der Waals surface area contributed by atoms with Gasteiger partial charge in [-0.1, -0.05) is 13.8 Å². The van der Waals surface area contributed by atoms with Crippen LogP contribution in [0, 0.1) is 0 Å². The normalized spacial score (nSPS) is 13.1. The summed E-state index contributed by atoms with van der Waals surface area (Å²) >= 11 is 1.68. The molecule has 0 radical (unpaired) electrons. The second-order valence-electron chi connectivity index (χ2n) is 4.73. The third kappa shape index (κ3) is 3.64. The Hall–Kier alpha value is -1.20. The molecule has 5 heteroatoms. The second kappa shape index (κ2) is 6.82. The summed E-state index contributed by atoms with van der Waals surface area (Å²) in [6, 6.07) is 2.89. The van der Waals surface area contributed by atoms with Crippen LogP contribution < -0.4 is 5.32 Å². The van der Waals surface area contributed by atoms with Crippen molar-refractivity contribution in [1.29, 1.82) is 0 Å². The summed E-state index contributed by atoms with van der Waals surface area (Å²) in [6.07, 6.45) is 6.18. The molecule has 104 valence electrons. The molecule has 0 saturated heterocycles. The van der Waals surface area contributed by atoms with E-state index in [1.54, 1.807) is 11.3 Å². The number of aromatic nitrogens is 3. The van der Waals surface area contributed by atoms with Gasteiger partial charge in [0, 0.05) is 24.3 Å². The summed E-state index contributed by atoms with van der Waals surface area (Å²) in [5.74, 6) is 0. The van der Waals surface area contributed by atoms with Crippen molar-refractivity contribution in [2.24, 2.45) is 0 Å². The third-order valence-corrected chi connectivity index (χ3v) is 4.35. The number of thiazole rings is 1. The van der Waals surface area contributed by atoms with E-state index in [-0.39, 0.29) is 6.04 Å². The predicted molar refractivity (Wildman–Crippen MR) is 79.2 cm³/mol. The van der Waals surface area contributed by atoms with E-state index in [4.69, 9.17) is 0 Å². The molecule has 1 atom stereocenters. The third-order valence-electron chi connectivity index (χ3n) is 3.39. The molecule has 0 aliphatic carbocycles. The first kappa shape index (κ1) is 14.2. The minimum atomic E-state index is 0.276. The van der Waals surface area contributed by atoms with Crippen LogP contribution in [0.1, 0.15) is 56.4 Å². The lowest BCUT2D eigenvalue weighted by molar-refractivity contribution is 0.423. The van der Waals surface area contributed by atoms with Crippen molar-refractivity contribution in [2.75, 3.05) is 0 Å². The van der Waals surface area contributed by atoms with Crippen molar-refractivity contribution in [3.63, 3.8) is 0 Å². The van der Waals surface area contributed by atoms with Crippen LogP contribution in [0.4, 0.5) is 0 Å². The summed E-state index contributed by atoms with van der Waals surface area (Å²) in [6.45, 7) is 7.33. The lowest BCUT2D eigenvalue weighted by Crippen LogP contribution is -2.18. The van der Waals surface area contributed by atoms with E-state index in [2.05, 4.69) is 53.1 Å². The van der Waals surface area contributed by atoms with Gasteiger partial charge < -0.3 is 5.32 Å². The monoisotopic (exact) mass is 278 g/mol. The molecule has 0 aliphatic rings. The largest absolute Gasteiger partial charge is 0.302 e. The van der Waals surface area contributed by atoms with Crippen LogP contribution in [0.2, 0.25) is 0 Å². The Morgan fingerprint density at radius 3 is 2.79 bits per heavy atom. The van der Waals surface area contributed by atoms with Gasteiger partial charge in [0.2, 0.25) is 0 Å². The highest BCUT2D eigenvalue weighted by atomic mass is 32.1. The van der Waals surface area contributed by atoms with Crippen LogP contribution in [-0.2, 0) is 6.54 Å². The van der Waals surface area contributed by atoms with Crippen molar-refractivity contribution in [3.05, 3.63) is 34.5 Å². The lowest BCUT2D eigenvalue weighted by atomic mass is 10.2. The average Bonchev–Trinajstić information content (AvgIpc) is 3.09. The summed E-state index contributed by atoms with van der Waals surface area (Å²) in [5.41, 5.74) is 1.09. The Labute approximate surface area is 118 Å². The number of rotatable bonds is 7. The van der Waals surface area contributed by atoms with Gasteiger partial charge in [0.1, 0.15) is 5.01 Å². The average molecular weight is 278 g/mol. The summed E-state index contributed by atoms with van der Waals surface area (Å²) in [5, 5.41) is 11.2. The smallest absolute Gasteiger partial charge is 0.109 e. The van der Waals surface area contributed by atoms with Gasteiger partial charge >= 0.3 is 0 Å². The zero-order valence-corrected chi connectivity index (χ0v) is 12.7. The maximum atomic E-state index is 4.64. The van der Waals surface area contributed by atoms with Crippen LogP contribution in [0.15, 0.2) is 23.8 Å². The Bertz CT molecular complexity index is 473. The molecule has 2 aromatic rings. The van der Waals surface area contributed by atoms with Gasteiger partial charge in [-0.05, 0) is 25.8 Å². The first-order valence-electron chi connectivity index (χ1n) is 6.91. The molecule has 0 spiro atoms. The van der Waals surface area contributed by atoms with E-state index >= 15 is 0 Å². The van der Waals surface area contributed by atoms with E-state index in [9.17, 15) is 0 Å². The molecule has 2 aromatic heterocycles. The molecule has 0 saturated carbocycles. The Kier molecular flexibility index (Phi) is 5.10.